The molecule has 21 heavy (non-hydrogen) atoms. The fourth-order valence-electron chi connectivity index (χ4n) is 2.83. The lowest BCUT2D eigenvalue weighted by molar-refractivity contribution is -0.122. The van der Waals surface area contributed by atoms with Gasteiger partial charge in [0.1, 0.15) is 6.54 Å². The maximum Gasteiger partial charge on any atom is 0.251 e. The lowest BCUT2D eigenvalue weighted by atomic mass is 9.91. The van der Waals surface area contributed by atoms with E-state index in [2.05, 4.69) is 5.32 Å². The molecule has 0 saturated heterocycles. The van der Waals surface area contributed by atoms with Gasteiger partial charge in [0, 0.05) is 31.0 Å². The van der Waals surface area contributed by atoms with Crippen molar-refractivity contribution in [2.75, 3.05) is 13.7 Å². The largest absolute Gasteiger partial charge is 0.383 e. The van der Waals surface area contributed by atoms with Gasteiger partial charge in [0.25, 0.3) is 5.56 Å². The Balaban J connectivity index is 2.18. The predicted octanol–water partition coefficient (Wildman–Crippen LogP) is 0.336. The molecular formula is C15H23N3O3. The van der Waals surface area contributed by atoms with Crippen molar-refractivity contribution in [1.82, 2.24) is 9.88 Å². The first-order valence-corrected chi connectivity index (χ1v) is 7.29. The normalized spacial score (nSPS) is 18.9. The van der Waals surface area contributed by atoms with Crippen LogP contribution in [0.15, 0.2) is 16.9 Å². The number of nitrogens with zero attached hydrogens (tertiary/aromatic N) is 1. The fraction of sp³-hybridized carbons (Fsp3) is 0.600. The summed E-state index contributed by atoms with van der Waals surface area (Å²) in [6.45, 7) is 2.34. The van der Waals surface area contributed by atoms with Gasteiger partial charge in [-0.1, -0.05) is 6.07 Å². The number of nitrogens with two attached hydrogens (primary N) is 1. The second kappa shape index (κ2) is 6.87. The van der Waals surface area contributed by atoms with Crippen LogP contribution < -0.4 is 16.6 Å². The van der Waals surface area contributed by atoms with Gasteiger partial charge in [0.2, 0.25) is 5.91 Å². The number of fused-ring (bicyclic) bond motifs is 1. The minimum atomic E-state index is -0.186. The van der Waals surface area contributed by atoms with Crippen molar-refractivity contribution < 1.29 is 9.53 Å². The monoisotopic (exact) mass is 293 g/mol. The molecule has 3 N–H and O–H groups in total. The summed E-state index contributed by atoms with van der Waals surface area (Å²) in [5, 5.41) is 2.82. The fourth-order valence-corrected chi connectivity index (χ4v) is 2.83. The van der Waals surface area contributed by atoms with Crippen molar-refractivity contribution in [2.24, 2.45) is 5.73 Å². The zero-order valence-electron chi connectivity index (χ0n) is 12.6. The first-order valence-electron chi connectivity index (χ1n) is 7.29. The molecule has 1 aromatic rings. The Morgan fingerprint density at radius 3 is 3.05 bits per heavy atom. The topological polar surface area (TPSA) is 86.3 Å². The number of pyridine rings is 1. The van der Waals surface area contributed by atoms with Crippen LogP contribution in [0.2, 0.25) is 0 Å². The Bertz CT molecular complexity index is 568. The van der Waals surface area contributed by atoms with E-state index in [0.29, 0.717) is 6.61 Å². The van der Waals surface area contributed by atoms with Crippen molar-refractivity contribution in [2.45, 2.75) is 44.8 Å². The molecule has 6 nitrogen and oxygen atoms in total. The zero-order chi connectivity index (χ0) is 15.4. The van der Waals surface area contributed by atoms with Gasteiger partial charge in [-0.25, -0.2) is 0 Å². The maximum atomic E-state index is 12.1. The summed E-state index contributed by atoms with van der Waals surface area (Å²) in [6.07, 6.45) is 2.65. The number of rotatable bonds is 5. The Kier molecular flexibility index (Phi) is 5.14. The van der Waals surface area contributed by atoms with Crippen molar-refractivity contribution in [3.8, 4) is 0 Å². The third-order valence-corrected chi connectivity index (χ3v) is 3.78. The van der Waals surface area contributed by atoms with Crippen molar-refractivity contribution in [3.63, 3.8) is 0 Å². The van der Waals surface area contributed by atoms with E-state index >= 15 is 0 Å². The molecule has 6 heteroatoms. The second-order valence-electron chi connectivity index (χ2n) is 5.58. The van der Waals surface area contributed by atoms with Crippen LogP contribution >= 0.6 is 0 Å². The number of nitrogens with one attached hydrogen (secondary N) is 1. The summed E-state index contributed by atoms with van der Waals surface area (Å²) in [5.74, 6) is -0.186. The third kappa shape index (κ3) is 3.71. The van der Waals surface area contributed by atoms with Crippen LogP contribution in [0.25, 0.3) is 0 Å². The maximum absolute atomic E-state index is 12.1. The van der Waals surface area contributed by atoms with E-state index in [0.717, 1.165) is 30.5 Å². The smallest absolute Gasteiger partial charge is 0.251 e. The van der Waals surface area contributed by atoms with E-state index in [9.17, 15) is 9.59 Å². The van der Waals surface area contributed by atoms with Gasteiger partial charge >= 0.3 is 0 Å². The van der Waals surface area contributed by atoms with E-state index in [4.69, 9.17) is 10.5 Å². The molecule has 2 unspecified atom stereocenters. The molecule has 0 radical (unpaired) electrons. The lowest BCUT2D eigenvalue weighted by Gasteiger charge is -2.25. The number of methoxy groups -OCH3 is 1. The number of hydrogen-bond donors (Lipinski definition) is 2. The van der Waals surface area contributed by atoms with Crippen LogP contribution in [-0.4, -0.2) is 30.2 Å². The van der Waals surface area contributed by atoms with Crippen molar-refractivity contribution in [1.29, 1.82) is 0 Å². The van der Waals surface area contributed by atoms with E-state index in [1.165, 1.54) is 6.07 Å². The Hall–Kier alpha value is -1.66. The molecule has 1 amide bonds. The van der Waals surface area contributed by atoms with Crippen LogP contribution in [0.4, 0.5) is 0 Å². The minimum Gasteiger partial charge on any atom is -0.383 e. The first kappa shape index (κ1) is 15.7. The van der Waals surface area contributed by atoms with Gasteiger partial charge in [-0.15, -0.1) is 0 Å². The van der Waals surface area contributed by atoms with Crippen LogP contribution in [0.5, 0.6) is 0 Å². The zero-order valence-corrected chi connectivity index (χ0v) is 12.6. The van der Waals surface area contributed by atoms with Crippen molar-refractivity contribution >= 4 is 5.91 Å². The summed E-state index contributed by atoms with van der Waals surface area (Å²) in [5.41, 5.74) is 7.81. The number of carbonyl (C=O) groups excluding carboxylic acids is 1. The molecule has 0 fully saturated rings. The molecule has 0 saturated carbocycles. The Labute approximate surface area is 124 Å². The Morgan fingerprint density at radius 1 is 1.57 bits per heavy atom. The van der Waals surface area contributed by atoms with Gasteiger partial charge in [0.15, 0.2) is 0 Å². The van der Waals surface area contributed by atoms with E-state index in [1.54, 1.807) is 17.7 Å². The number of ether oxygens (including phenoxy) is 1. The summed E-state index contributed by atoms with van der Waals surface area (Å²) in [6, 6.07) is 3.16. The molecular weight excluding hydrogens is 270 g/mol. The average Bonchev–Trinajstić information content (AvgIpc) is 2.42. The van der Waals surface area contributed by atoms with E-state index < -0.39 is 0 Å². The molecule has 1 aliphatic carbocycles. The van der Waals surface area contributed by atoms with E-state index in [-0.39, 0.29) is 30.1 Å². The number of amides is 1. The van der Waals surface area contributed by atoms with Crippen molar-refractivity contribution in [3.05, 3.63) is 33.7 Å². The Morgan fingerprint density at radius 2 is 2.33 bits per heavy atom. The second-order valence-corrected chi connectivity index (χ2v) is 5.58. The molecule has 0 bridgehead atoms. The number of aromatic nitrogens is 1. The van der Waals surface area contributed by atoms with Gasteiger partial charge in [-0.2, -0.15) is 0 Å². The third-order valence-electron chi connectivity index (χ3n) is 3.78. The van der Waals surface area contributed by atoms with Gasteiger partial charge in [-0.05, 0) is 31.7 Å². The summed E-state index contributed by atoms with van der Waals surface area (Å²) < 4.78 is 6.53. The molecule has 2 rings (SSSR count). The highest BCUT2D eigenvalue weighted by atomic mass is 16.5. The number of carbonyl (C=O) groups is 1. The standard InChI is InChI=1S/C15H23N3O3/c1-10(9-21-2)17-14(19)8-18-13-5-3-4-12(16)11(13)6-7-15(18)20/h6-7,10,12H,3-5,8-9,16H2,1-2H3,(H,17,19). The van der Waals surface area contributed by atoms with Crippen LogP contribution in [0.1, 0.15) is 37.1 Å². The molecule has 1 heterocycles. The summed E-state index contributed by atoms with van der Waals surface area (Å²) in [7, 11) is 1.59. The minimum absolute atomic E-state index is 0.0305. The van der Waals surface area contributed by atoms with E-state index in [1.807, 2.05) is 6.92 Å². The van der Waals surface area contributed by atoms with Gasteiger partial charge in [-0.3, -0.25) is 9.59 Å². The van der Waals surface area contributed by atoms with Gasteiger partial charge in [0.05, 0.1) is 6.61 Å². The predicted molar refractivity (Wildman–Crippen MR) is 80.0 cm³/mol. The highest BCUT2D eigenvalue weighted by Gasteiger charge is 2.21. The van der Waals surface area contributed by atoms with Gasteiger partial charge < -0.3 is 20.4 Å². The molecule has 1 aliphatic rings. The van der Waals surface area contributed by atoms with Crippen LogP contribution in [-0.2, 0) is 22.5 Å². The average molecular weight is 293 g/mol. The summed E-state index contributed by atoms with van der Waals surface area (Å²) in [4.78, 5) is 24.1. The molecule has 0 spiro atoms. The first-order chi connectivity index (χ1) is 10.0. The van der Waals surface area contributed by atoms with Crippen LogP contribution in [0, 0.1) is 0 Å². The SMILES string of the molecule is COCC(C)NC(=O)Cn1c2c(ccc1=O)C(N)CCC2. The molecule has 1 aromatic heterocycles. The highest BCUT2D eigenvalue weighted by Crippen LogP contribution is 2.26. The molecule has 0 aliphatic heterocycles. The molecule has 0 aromatic carbocycles. The molecule has 116 valence electrons. The summed E-state index contributed by atoms with van der Waals surface area (Å²) >= 11 is 0. The van der Waals surface area contributed by atoms with Crippen LogP contribution in [0.3, 0.4) is 0 Å². The molecule has 2 atom stereocenters. The lowest BCUT2D eigenvalue weighted by Crippen LogP contribution is -2.40. The quantitative estimate of drug-likeness (QED) is 0.819. The highest BCUT2D eigenvalue weighted by molar-refractivity contribution is 5.76. The number of hydrogen-bond acceptors (Lipinski definition) is 4.